The second-order valence-electron chi connectivity index (χ2n) is 7.00. The van der Waals surface area contributed by atoms with E-state index in [1.807, 2.05) is 26.0 Å². The number of carboxylic acids is 1. The lowest BCUT2D eigenvalue weighted by Crippen LogP contribution is -2.44. The van der Waals surface area contributed by atoms with Crippen molar-refractivity contribution in [2.45, 2.75) is 32.5 Å². The van der Waals surface area contributed by atoms with E-state index in [4.69, 9.17) is 14.6 Å². The molecule has 9 nitrogen and oxygen atoms in total. The number of alkyl halides is 3. The second kappa shape index (κ2) is 11.4. The summed E-state index contributed by atoms with van der Waals surface area (Å²) < 4.78 is 62.2. The molecule has 1 aromatic rings. The molecule has 176 valence electrons. The fourth-order valence-electron chi connectivity index (χ4n) is 2.85. The molecule has 1 aliphatic rings. The number of sulfonamides is 1. The average molecular weight is 469 g/mol. The Balaban J connectivity index is 0.000000592. The van der Waals surface area contributed by atoms with Crippen LogP contribution in [0, 0.1) is 12.8 Å². The summed E-state index contributed by atoms with van der Waals surface area (Å²) in [6.45, 7) is 5.65. The highest BCUT2D eigenvalue weighted by Crippen LogP contribution is 2.20. The first-order chi connectivity index (χ1) is 14.2. The molecule has 1 amide bonds. The molecule has 0 bridgehead atoms. The van der Waals surface area contributed by atoms with Gasteiger partial charge in [0.2, 0.25) is 10.0 Å². The molecule has 0 unspecified atom stereocenters. The lowest BCUT2D eigenvalue weighted by molar-refractivity contribution is -0.192. The summed E-state index contributed by atoms with van der Waals surface area (Å²) in [5.41, 5.74) is 1.23. The third-order valence-corrected chi connectivity index (χ3v) is 5.20. The number of aromatic nitrogens is 1. The van der Waals surface area contributed by atoms with Gasteiger partial charge in [-0.25, -0.2) is 22.9 Å². The fourth-order valence-corrected chi connectivity index (χ4v) is 3.33. The van der Waals surface area contributed by atoms with Crippen molar-refractivity contribution in [3.8, 4) is 0 Å². The molecule has 13 heteroatoms. The number of rotatable bonds is 5. The molecule has 2 heterocycles. The summed E-state index contributed by atoms with van der Waals surface area (Å²) in [5.74, 6) is -2.80. The lowest BCUT2D eigenvalue weighted by atomic mass is 9.97. The van der Waals surface area contributed by atoms with Crippen LogP contribution in [0.1, 0.15) is 29.5 Å². The van der Waals surface area contributed by atoms with Crippen molar-refractivity contribution in [2.75, 3.05) is 32.6 Å². The minimum Gasteiger partial charge on any atom is -0.475 e. The Morgan fingerprint density at radius 1 is 1.35 bits per heavy atom. The zero-order valence-corrected chi connectivity index (χ0v) is 18.2. The van der Waals surface area contributed by atoms with Crippen molar-refractivity contribution in [2.24, 2.45) is 5.92 Å². The standard InChI is InChI=1S/C16H25N3O4S.C2HF3O2/c1-12-5-4-6-15(18-12)16(20)19-9-10-23-11-14(13(19)2)7-8-17-24(3,21)22;3-2(4,5)1(6)7/h4-6,13-14,17H,7-11H2,1-3H3;(H,6,7)/t13-,14+;/m0./s1. The number of carbonyl (C=O) groups is 2. The van der Waals surface area contributed by atoms with Crippen molar-refractivity contribution >= 4 is 21.9 Å². The van der Waals surface area contributed by atoms with Gasteiger partial charge < -0.3 is 14.7 Å². The third kappa shape index (κ3) is 9.61. The van der Waals surface area contributed by atoms with Crippen LogP contribution in [0.4, 0.5) is 13.2 Å². The number of aliphatic carboxylic acids is 1. The van der Waals surface area contributed by atoms with E-state index >= 15 is 0 Å². The number of nitrogens with one attached hydrogen (secondary N) is 1. The molecule has 1 aliphatic heterocycles. The van der Waals surface area contributed by atoms with E-state index in [0.29, 0.717) is 38.4 Å². The largest absolute Gasteiger partial charge is 0.490 e. The van der Waals surface area contributed by atoms with Crippen molar-refractivity contribution in [1.82, 2.24) is 14.6 Å². The molecular formula is C18H26F3N3O6S. The molecule has 1 fully saturated rings. The number of halogens is 3. The van der Waals surface area contributed by atoms with E-state index in [1.165, 1.54) is 0 Å². The Labute approximate surface area is 178 Å². The van der Waals surface area contributed by atoms with Crippen LogP contribution in [0.2, 0.25) is 0 Å². The van der Waals surface area contributed by atoms with Crippen LogP contribution in [0.5, 0.6) is 0 Å². The first-order valence-corrected chi connectivity index (χ1v) is 11.2. The van der Waals surface area contributed by atoms with Crippen molar-refractivity contribution in [3.05, 3.63) is 29.6 Å². The van der Waals surface area contributed by atoms with Crippen LogP contribution < -0.4 is 4.72 Å². The zero-order valence-electron chi connectivity index (χ0n) is 17.3. The van der Waals surface area contributed by atoms with Crippen LogP contribution in [0.15, 0.2) is 18.2 Å². The van der Waals surface area contributed by atoms with Gasteiger partial charge in [0.15, 0.2) is 0 Å². The second-order valence-corrected chi connectivity index (χ2v) is 8.83. The summed E-state index contributed by atoms with van der Waals surface area (Å²) in [7, 11) is -3.21. The van der Waals surface area contributed by atoms with Gasteiger partial charge >= 0.3 is 12.1 Å². The van der Waals surface area contributed by atoms with Gasteiger partial charge in [-0.15, -0.1) is 0 Å². The van der Waals surface area contributed by atoms with E-state index in [0.717, 1.165) is 11.9 Å². The molecule has 2 atom stereocenters. The minimum absolute atomic E-state index is 0.0522. The lowest BCUT2D eigenvalue weighted by Gasteiger charge is -2.31. The number of pyridine rings is 1. The number of hydrogen-bond acceptors (Lipinski definition) is 6. The van der Waals surface area contributed by atoms with Crippen LogP contribution in [0.3, 0.4) is 0 Å². The molecule has 2 rings (SSSR count). The molecule has 1 saturated heterocycles. The summed E-state index contributed by atoms with van der Waals surface area (Å²) in [5, 5.41) is 7.12. The van der Waals surface area contributed by atoms with Gasteiger partial charge in [-0.05, 0) is 32.4 Å². The number of carboxylic acid groups (broad SMARTS) is 1. The van der Waals surface area contributed by atoms with Crippen LogP contribution in [-0.2, 0) is 19.6 Å². The summed E-state index contributed by atoms with van der Waals surface area (Å²) in [6.07, 6.45) is -3.33. The highest BCUT2D eigenvalue weighted by molar-refractivity contribution is 7.88. The molecule has 0 spiro atoms. The first-order valence-electron chi connectivity index (χ1n) is 9.29. The Bertz CT molecular complexity index is 863. The van der Waals surface area contributed by atoms with Gasteiger partial charge in [0, 0.05) is 30.7 Å². The predicted molar refractivity (Wildman–Crippen MR) is 105 cm³/mol. The molecule has 0 radical (unpaired) electrons. The van der Waals surface area contributed by atoms with Gasteiger partial charge in [0.05, 0.1) is 19.5 Å². The van der Waals surface area contributed by atoms with Gasteiger partial charge in [-0.3, -0.25) is 4.79 Å². The van der Waals surface area contributed by atoms with E-state index in [1.54, 1.807) is 11.0 Å². The number of ether oxygens (including phenoxy) is 1. The molecule has 0 saturated carbocycles. The number of nitrogens with zero attached hydrogens (tertiary/aromatic N) is 2. The zero-order chi connectivity index (χ0) is 23.8. The Morgan fingerprint density at radius 2 is 1.97 bits per heavy atom. The molecule has 0 aromatic carbocycles. The van der Waals surface area contributed by atoms with Crippen molar-refractivity contribution in [3.63, 3.8) is 0 Å². The SMILES string of the molecule is Cc1cccc(C(=O)N2CCOC[C@@H](CCNS(C)(=O)=O)[C@@H]2C)n1.O=C(O)C(F)(F)F. The van der Waals surface area contributed by atoms with E-state index in [-0.39, 0.29) is 17.9 Å². The normalized spacial score (nSPS) is 19.7. The maximum atomic E-state index is 12.8. The van der Waals surface area contributed by atoms with E-state index < -0.39 is 22.2 Å². The molecule has 0 aliphatic carbocycles. The number of hydrogen-bond donors (Lipinski definition) is 2. The molecule has 31 heavy (non-hydrogen) atoms. The number of amides is 1. The minimum atomic E-state index is -5.08. The Kier molecular flexibility index (Phi) is 9.84. The highest BCUT2D eigenvalue weighted by atomic mass is 32.2. The summed E-state index contributed by atoms with van der Waals surface area (Å²) >= 11 is 0. The van der Waals surface area contributed by atoms with Gasteiger partial charge in [-0.1, -0.05) is 6.07 Å². The molecule has 1 aromatic heterocycles. The number of carbonyl (C=O) groups excluding carboxylic acids is 1. The van der Waals surface area contributed by atoms with Crippen molar-refractivity contribution in [1.29, 1.82) is 0 Å². The molecule has 2 N–H and O–H groups in total. The predicted octanol–water partition coefficient (Wildman–Crippen LogP) is 1.44. The Morgan fingerprint density at radius 3 is 2.48 bits per heavy atom. The highest BCUT2D eigenvalue weighted by Gasteiger charge is 2.38. The first kappa shape index (κ1) is 26.8. The third-order valence-electron chi connectivity index (χ3n) is 4.47. The molecular weight excluding hydrogens is 443 g/mol. The topological polar surface area (TPSA) is 126 Å². The monoisotopic (exact) mass is 469 g/mol. The average Bonchev–Trinajstić information content (AvgIpc) is 2.82. The maximum Gasteiger partial charge on any atom is 0.490 e. The van der Waals surface area contributed by atoms with Crippen LogP contribution in [-0.4, -0.2) is 80.1 Å². The van der Waals surface area contributed by atoms with Crippen molar-refractivity contribution < 1.29 is 41.0 Å². The van der Waals surface area contributed by atoms with Gasteiger partial charge in [0.25, 0.3) is 5.91 Å². The van der Waals surface area contributed by atoms with Gasteiger partial charge in [-0.2, -0.15) is 13.2 Å². The Hall–Kier alpha value is -2.25. The van der Waals surface area contributed by atoms with Crippen LogP contribution in [0.25, 0.3) is 0 Å². The fraction of sp³-hybridized carbons (Fsp3) is 0.611. The maximum absolute atomic E-state index is 12.8. The smallest absolute Gasteiger partial charge is 0.475 e. The van der Waals surface area contributed by atoms with Crippen LogP contribution >= 0.6 is 0 Å². The van der Waals surface area contributed by atoms with Gasteiger partial charge in [0.1, 0.15) is 5.69 Å². The van der Waals surface area contributed by atoms with E-state index in [2.05, 4.69) is 9.71 Å². The van der Waals surface area contributed by atoms with E-state index in [9.17, 15) is 26.4 Å². The quantitative estimate of drug-likeness (QED) is 0.668. The summed E-state index contributed by atoms with van der Waals surface area (Å²) in [4.78, 5) is 27.8. The number of aryl methyl sites for hydroxylation is 1. The summed E-state index contributed by atoms with van der Waals surface area (Å²) in [6, 6.07) is 5.34.